The highest BCUT2D eigenvalue weighted by molar-refractivity contribution is 5.04. The fraction of sp³-hybridized carbons (Fsp3) is 0.583. The lowest BCUT2D eigenvalue weighted by atomic mass is 9.89. The average molecular weight is 177 g/mol. The largest absolute Gasteiger partial charge is 0.261 e. The zero-order valence-corrected chi connectivity index (χ0v) is 8.83. The Morgan fingerprint density at radius 3 is 2.54 bits per heavy atom. The first-order valence-electron chi connectivity index (χ1n) is 5.14. The Balaban J connectivity index is 2.57. The summed E-state index contributed by atoms with van der Waals surface area (Å²) in [5.74, 6) is 1.53. The molecule has 1 nitrogen and oxygen atoms in total. The molecule has 1 heteroatoms. The van der Waals surface area contributed by atoms with Gasteiger partial charge in [-0.25, -0.2) is 0 Å². The average Bonchev–Trinajstić information content (AvgIpc) is 2.15. The molecule has 72 valence electrons. The molecule has 0 saturated carbocycles. The van der Waals surface area contributed by atoms with Crippen molar-refractivity contribution in [3.05, 3.63) is 30.1 Å². The highest BCUT2D eigenvalue weighted by Crippen LogP contribution is 2.18. The van der Waals surface area contributed by atoms with Gasteiger partial charge in [0.15, 0.2) is 0 Å². The fourth-order valence-corrected chi connectivity index (χ4v) is 1.64. The molecule has 0 spiro atoms. The molecule has 1 unspecified atom stereocenters. The number of rotatable bonds is 4. The fourth-order valence-electron chi connectivity index (χ4n) is 1.64. The first kappa shape index (κ1) is 10.2. The molecule has 1 rings (SSSR count). The van der Waals surface area contributed by atoms with Crippen LogP contribution < -0.4 is 0 Å². The quantitative estimate of drug-likeness (QED) is 0.687. The normalized spacial score (nSPS) is 13.2. The highest BCUT2D eigenvalue weighted by atomic mass is 14.7. The standard InChI is InChI=1S/C12H19N/c1-4-11(10(2)3)9-12-7-5-6-8-13-12/h5-8,10-11H,4,9H2,1-3H3. The Hall–Kier alpha value is -0.850. The Bertz CT molecular complexity index is 228. The van der Waals surface area contributed by atoms with Crippen LogP contribution in [0.15, 0.2) is 24.4 Å². The van der Waals surface area contributed by atoms with Crippen molar-refractivity contribution >= 4 is 0 Å². The summed E-state index contributed by atoms with van der Waals surface area (Å²) in [5, 5.41) is 0. The minimum absolute atomic E-state index is 0.756. The van der Waals surface area contributed by atoms with Crippen LogP contribution in [0.5, 0.6) is 0 Å². The molecule has 0 radical (unpaired) electrons. The monoisotopic (exact) mass is 177 g/mol. The van der Waals surface area contributed by atoms with Gasteiger partial charge in [0, 0.05) is 11.9 Å². The van der Waals surface area contributed by atoms with Gasteiger partial charge in [-0.3, -0.25) is 4.98 Å². The van der Waals surface area contributed by atoms with Crippen LogP contribution in [0, 0.1) is 11.8 Å². The van der Waals surface area contributed by atoms with Gasteiger partial charge >= 0.3 is 0 Å². The van der Waals surface area contributed by atoms with Crippen molar-refractivity contribution in [1.82, 2.24) is 4.98 Å². The zero-order valence-electron chi connectivity index (χ0n) is 8.83. The van der Waals surface area contributed by atoms with Gasteiger partial charge in [0.05, 0.1) is 0 Å². The molecule has 1 heterocycles. The third-order valence-electron chi connectivity index (χ3n) is 2.66. The second-order valence-electron chi connectivity index (χ2n) is 3.94. The third kappa shape index (κ3) is 3.17. The Morgan fingerprint density at radius 2 is 2.08 bits per heavy atom. The van der Waals surface area contributed by atoms with Crippen molar-refractivity contribution in [3.63, 3.8) is 0 Å². The first-order chi connectivity index (χ1) is 6.24. The maximum atomic E-state index is 4.35. The van der Waals surface area contributed by atoms with Crippen LogP contribution in [-0.2, 0) is 6.42 Å². The smallest absolute Gasteiger partial charge is 0.0406 e. The summed E-state index contributed by atoms with van der Waals surface area (Å²) in [6.45, 7) is 6.84. The van der Waals surface area contributed by atoms with Crippen molar-refractivity contribution in [1.29, 1.82) is 0 Å². The minimum Gasteiger partial charge on any atom is -0.261 e. The molecule has 13 heavy (non-hydrogen) atoms. The van der Waals surface area contributed by atoms with Gasteiger partial charge < -0.3 is 0 Å². The second kappa shape index (κ2) is 5.00. The topological polar surface area (TPSA) is 12.9 Å². The molecular weight excluding hydrogens is 158 g/mol. The molecule has 0 aromatic carbocycles. The molecule has 0 bridgehead atoms. The summed E-state index contributed by atoms with van der Waals surface area (Å²) >= 11 is 0. The van der Waals surface area contributed by atoms with Crippen molar-refractivity contribution in [3.8, 4) is 0 Å². The predicted molar refractivity (Wildman–Crippen MR) is 56.6 cm³/mol. The molecule has 0 aliphatic heterocycles. The van der Waals surface area contributed by atoms with Crippen molar-refractivity contribution in [2.24, 2.45) is 11.8 Å². The van der Waals surface area contributed by atoms with Gasteiger partial charge in [0.2, 0.25) is 0 Å². The summed E-state index contributed by atoms with van der Waals surface area (Å²) in [4.78, 5) is 4.35. The lowest BCUT2D eigenvalue weighted by molar-refractivity contribution is 0.368. The van der Waals surface area contributed by atoms with E-state index < -0.39 is 0 Å². The lowest BCUT2D eigenvalue weighted by Gasteiger charge is -2.18. The van der Waals surface area contributed by atoms with E-state index in [-0.39, 0.29) is 0 Å². The van der Waals surface area contributed by atoms with Crippen LogP contribution in [0.25, 0.3) is 0 Å². The Labute approximate surface area is 81.2 Å². The van der Waals surface area contributed by atoms with Gasteiger partial charge in [-0.1, -0.05) is 33.3 Å². The number of aromatic nitrogens is 1. The van der Waals surface area contributed by atoms with Crippen LogP contribution in [0.1, 0.15) is 32.9 Å². The maximum absolute atomic E-state index is 4.35. The van der Waals surface area contributed by atoms with Gasteiger partial charge in [0.25, 0.3) is 0 Å². The van der Waals surface area contributed by atoms with Gasteiger partial charge in [0.1, 0.15) is 0 Å². The van der Waals surface area contributed by atoms with Crippen LogP contribution in [0.3, 0.4) is 0 Å². The Morgan fingerprint density at radius 1 is 1.31 bits per heavy atom. The third-order valence-corrected chi connectivity index (χ3v) is 2.66. The van der Waals surface area contributed by atoms with E-state index in [1.165, 1.54) is 12.1 Å². The lowest BCUT2D eigenvalue weighted by Crippen LogP contribution is -2.11. The second-order valence-corrected chi connectivity index (χ2v) is 3.94. The number of hydrogen-bond donors (Lipinski definition) is 0. The van der Waals surface area contributed by atoms with Gasteiger partial charge in [-0.2, -0.15) is 0 Å². The van der Waals surface area contributed by atoms with E-state index in [2.05, 4.69) is 37.9 Å². The van der Waals surface area contributed by atoms with Gasteiger partial charge in [-0.05, 0) is 30.4 Å². The first-order valence-corrected chi connectivity index (χ1v) is 5.14. The van der Waals surface area contributed by atoms with Crippen molar-refractivity contribution in [2.75, 3.05) is 0 Å². The number of nitrogens with zero attached hydrogens (tertiary/aromatic N) is 1. The molecule has 0 aliphatic carbocycles. The van der Waals surface area contributed by atoms with Gasteiger partial charge in [-0.15, -0.1) is 0 Å². The van der Waals surface area contributed by atoms with E-state index in [4.69, 9.17) is 0 Å². The van der Waals surface area contributed by atoms with Crippen LogP contribution in [-0.4, -0.2) is 4.98 Å². The Kier molecular flexibility index (Phi) is 3.94. The van der Waals surface area contributed by atoms with E-state index >= 15 is 0 Å². The number of pyridine rings is 1. The van der Waals surface area contributed by atoms with Crippen LogP contribution >= 0.6 is 0 Å². The van der Waals surface area contributed by atoms with E-state index in [1.807, 2.05) is 12.3 Å². The summed E-state index contributed by atoms with van der Waals surface area (Å²) in [7, 11) is 0. The molecule has 0 aliphatic rings. The van der Waals surface area contributed by atoms with Crippen LogP contribution in [0.2, 0.25) is 0 Å². The highest BCUT2D eigenvalue weighted by Gasteiger charge is 2.11. The molecule has 1 aromatic rings. The van der Waals surface area contributed by atoms with E-state index in [0.717, 1.165) is 18.3 Å². The molecule has 1 atom stereocenters. The van der Waals surface area contributed by atoms with Crippen LogP contribution in [0.4, 0.5) is 0 Å². The van der Waals surface area contributed by atoms with Crippen molar-refractivity contribution in [2.45, 2.75) is 33.6 Å². The molecule has 0 N–H and O–H groups in total. The van der Waals surface area contributed by atoms with E-state index in [9.17, 15) is 0 Å². The summed E-state index contributed by atoms with van der Waals surface area (Å²) in [6, 6.07) is 6.15. The molecule has 0 saturated heterocycles. The summed E-state index contributed by atoms with van der Waals surface area (Å²) in [5.41, 5.74) is 1.23. The zero-order chi connectivity index (χ0) is 9.68. The van der Waals surface area contributed by atoms with Crippen molar-refractivity contribution < 1.29 is 0 Å². The maximum Gasteiger partial charge on any atom is 0.0406 e. The van der Waals surface area contributed by atoms with E-state index in [1.54, 1.807) is 0 Å². The summed E-state index contributed by atoms with van der Waals surface area (Å²) < 4.78 is 0. The molecule has 0 fully saturated rings. The predicted octanol–water partition coefficient (Wildman–Crippen LogP) is 3.31. The summed E-state index contributed by atoms with van der Waals surface area (Å²) in [6.07, 6.45) is 4.24. The minimum atomic E-state index is 0.756. The SMILES string of the molecule is CCC(Cc1ccccn1)C(C)C. The molecule has 1 aromatic heterocycles. The number of hydrogen-bond acceptors (Lipinski definition) is 1. The van der Waals surface area contributed by atoms with E-state index in [0.29, 0.717) is 0 Å². The molecular formula is C12H19N. The molecule has 0 amide bonds.